The quantitative estimate of drug-likeness (QED) is 0.871. The number of benzene rings is 2. The normalized spacial score (nSPS) is 12.4. The minimum Gasteiger partial charge on any atom is -0.387 e. The van der Waals surface area contributed by atoms with Crippen molar-refractivity contribution >= 4 is 0 Å². The number of nitrogens with one attached hydrogen (secondary N) is 1. The molecule has 2 nitrogen and oxygen atoms in total. The molecule has 0 radical (unpaired) electrons. The molecular formula is C18H23NO. The summed E-state index contributed by atoms with van der Waals surface area (Å²) >= 11 is 0. The smallest absolute Gasteiger partial charge is 0.0914 e. The van der Waals surface area contributed by atoms with Crippen molar-refractivity contribution in [3.63, 3.8) is 0 Å². The highest BCUT2D eigenvalue weighted by atomic mass is 16.3. The molecule has 0 saturated carbocycles. The molecule has 0 saturated heterocycles. The summed E-state index contributed by atoms with van der Waals surface area (Å²) in [6.45, 7) is 7.77. The molecule has 106 valence electrons. The molecule has 2 heteroatoms. The number of aliphatic hydroxyl groups is 1. The van der Waals surface area contributed by atoms with Crippen LogP contribution < -0.4 is 5.32 Å². The van der Waals surface area contributed by atoms with E-state index in [0.29, 0.717) is 6.54 Å². The van der Waals surface area contributed by atoms with Gasteiger partial charge in [-0.2, -0.15) is 0 Å². The van der Waals surface area contributed by atoms with E-state index in [2.05, 4.69) is 38.2 Å². The fourth-order valence-corrected chi connectivity index (χ4v) is 2.62. The summed E-state index contributed by atoms with van der Waals surface area (Å²) < 4.78 is 0. The first-order valence-corrected chi connectivity index (χ1v) is 7.08. The standard InChI is InChI=1S/C18H23NO/c1-13-9-14(2)17(15(3)10-13)11-19-12-18(20)16-7-5-4-6-8-16/h4-10,18-20H,11-12H2,1-3H3. The van der Waals surface area contributed by atoms with Crippen LogP contribution in [-0.2, 0) is 6.54 Å². The molecule has 0 spiro atoms. The van der Waals surface area contributed by atoms with Gasteiger partial charge in [0.25, 0.3) is 0 Å². The Morgan fingerprint density at radius 2 is 1.60 bits per heavy atom. The Kier molecular flexibility index (Phi) is 4.94. The zero-order valence-corrected chi connectivity index (χ0v) is 12.5. The van der Waals surface area contributed by atoms with Crippen LogP contribution in [0.15, 0.2) is 42.5 Å². The third-order valence-corrected chi connectivity index (χ3v) is 3.66. The molecule has 1 unspecified atom stereocenters. The summed E-state index contributed by atoms with van der Waals surface area (Å²) in [7, 11) is 0. The van der Waals surface area contributed by atoms with E-state index in [0.717, 1.165) is 12.1 Å². The van der Waals surface area contributed by atoms with Crippen LogP contribution in [0.3, 0.4) is 0 Å². The van der Waals surface area contributed by atoms with E-state index in [1.807, 2.05) is 30.3 Å². The van der Waals surface area contributed by atoms with Crippen LogP contribution in [0.5, 0.6) is 0 Å². The van der Waals surface area contributed by atoms with Gasteiger partial charge in [0.15, 0.2) is 0 Å². The minimum absolute atomic E-state index is 0.456. The third-order valence-electron chi connectivity index (χ3n) is 3.66. The lowest BCUT2D eigenvalue weighted by Gasteiger charge is -2.15. The maximum Gasteiger partial charge on any atom is 0.0914 e. The summed E-state index contributed by atoms with van der Waals surface area (Å²) in [5.41, 5.74) is 6.20. The molecule has 2 rings (SSSR count). The molecule has 0 aliphatic carbocycles. The second kappa shape index (κ2) is 6.69. The Hall–Kier alpha value is -1.64. The van der Waals surface area contributed by atoms with Gasteiger partial charge in [-0.25, -0.2) is 0 Å². The zero-order chi connectivity index (χ0) is 14.5. The van der Waals surface area contributed by atoms with Gasteiger partial charge in [-0.1, -0.05) is 48.0 Å². The monoisotopic (exact) mass is 269 g/mol. The van der Waals surface area contributed by atoms with Gasteiger partial charge >= 0.3 is 0 Å². The highest BCUT2D eigenvalue weighted by Gasteiger charge is 2.08. The van der Waals surface area contributed by atoms with Crippen molar-refractivity contribution in [2.75, 3.05) is 6.54 Å². The maximum absolute atomic E-state index is 10.1. The Balaban J connectivity index is 1.94. The summed E-state index contributed by atoms with van der Waals surface area (Å²) in [6.07, 6.45) is -0.456. The van der Waals surface area contributed by atoms with Gasteiger partial charge in [0.2, 0.25) is 0 Å². The molecule has 0 fully saturated rings. The third kappa shape index (κ3) is 3.69. The molecule has 2 aromatic rings. The van der Waals surface area contributed by atoms with Crippen molar-refractivity contribution in [2.24, 2.45) is 0 Å². The number of hydrogen-bond donors (Lipinski definition) is 2. The first kappa shape index (κ1) is 14.8. The molecule has 0 heterocycles. The summed E-state index contributed by atoms with van der Waals surface area (Å²) in [5, 5.41) is 13.5. The van der Waals surface area contributed by atoms with Gasteiger partial charge in [0, 0.05) is 13.1 Å². The largest absolute Gasteiger partial charge is 0.387 e. The van der Waals surface area contributed by atoms with Gasteiger partial charge in [-0.05, 0) is 43.0 Å². The van der Waals surface area contributed by atoms with Crippen molar-refractivity contribution < 1.29 is 5.11 Å². The number of hydrogen-bond acceptors (Lipinski definition) is 2. The van der Waals surface area contributed by atoms with Crippen LogP contribution >= 0.6 is 0 Å². The molecule has 0 amide bonds. The summed E-state index contributed by atoms with van der Waals surface area (Å²) in [5.74, 6) is 0. The molecule has 1 atom stereocenters. The van der Waals surface area contributed by atoms with E-state index in [9.17, 15) is 5.11 Å². The Bertz CT molecular complexity index is 540. The first-order valence-electron chi connectivity index (χ1n) is 7.08. The van der Waals surface area contributed by atoms with Gasteiger partial charge in [-0.15, -0.1) is 0 Å². The van der Waals surface area contributed by atoms with Crippen molar-refractivity contribution in [3.8, 4) is 0 Å². The van der Waals surface area contributed by atoms with Crippen LogP contribution in [-0.4, -0.2) is 11.7 Å². The average molecular weight is 269 g/mol. The Morgan fingerprint density at radius 3 is 2.20 bits per heavy atom. The fourth-order valence-electron chi connectivity index (χ4n) is 2.62. The number of rotatable bonds is 5. The predicted octanol–water partition coefficient (Wildman–Crippen LogP) is 3.44. The van der Waals surface area contributed by atoms with Crippen molar-refractivity contribution in [1.82, 2.24) is 5.32 Å². The van der Waals surface area contributed by atoms with Crippen molar-refractivity contribution in [1.29, 1.82) is 0 Å². The van der Waals surface area contributed by atoms with Crippen LogP contribution in [0.2, 0.25) is 0 Å². The predicted molar refractivity (Wildman–Crippen MR) is 83.8 cm³/mol. The van der Waals surface area contributed by atoms with Gasteiger partial charge in [-0.3, -0.25) is 0 Å². The summed E-state index contributed by atoms with van der Waals surface area (Å²) in [4.78, 5) is 0. The highest BCUT2D eigenvalue weighted by Crippen LogP contribution is 2.17. The highest BCUT2D eigenvalue weighted by molar-refractivity contribution is 5.37. The van der Waals surface area contributed by atoms with Crippen molar-refractivity contribution in [3.05, 3.63) is 70.3 Å². The van der Waals surface area contributed by atoms with Crippen LogP contribution in [0.4, 0.5) is 0 Å². The van der Waals surface area contributed by atoms with E-state index in [1.54, 1.807) is 0 Å². The number of aliphatic hydroxyl groups excluding tert-OH is 1. The Morgan fingerprint density at radius 1 is 1.00 bits per heavy atom. The molecule has 0 bridgehead atoms. The lowest BCUT2D eigenvalue weighted by molar-refractivity contribution is 0.174. The second-order valence-corrected chi connectivity index (χ2v) is 5.43. The topological polar surface area (TPSA) is 32.3 Å². The summed E-state index contributed by atoms with van der Waals surface area (Å²) in [6, 6.07) is 14.2. The molecule has 0 aliphatic heterocycles. The van der Waals surface area contributed by atoms with Crippen molar-refractivity contribution in [2.45, 2.75) is 33.4 Å². The van der Waals surface area contributed by atoms with Gasteiger partial charge < -0.3 is 10.4 Å². The SMILES string of the molecule is Cc1cc(C)c(CNCC(O)c2ccccc2)c(C)c1. The lowest BCUT2D eigenvalue weighted by atomic mass is 10.00. The van der Waals surface area contributed by atoms with E-state index < -0.39 is 6.10 Å². The van der Waals surface area contributed by atoms with E-state index in [1.165, 1.54) is 22.3 Å². The van der Waals surface area contributed by atoms with Gasteiger partial charge in [0.05, 0.1) is 6.10 Å². The number of aryl methyl sites for hydroxylation is 3. The zero-order valence-electron chi connectivity index (χ0n) is 12.5. The van der Waals surface area contributed by atoms with Crippen LogP contribution in [0.1, 0.15) is 33.9 Å². The van der Waals surface area contributed by atoms with Crippen LogP contribution in [0.25, 0.3) is 0 Å². The average Bonchev–Trinajstić information content (AvgIpc) is 2.42. The first-order chi connectivity index (χ1) is 9.58. The molecule has 0 aliphatic rings. The molecule has 2 aromatic carbocycles. The van der Waals surface area contributed by atoms with Crippen LogP contribution in [0, 0.1) is 20.8 Å². The molecular weight excluding hydrogens is 246 g/mol. The Labute approximate surface area is 121 Å². The molecule has 2 N–H and O–H groups in total. The molecule has 20 heavy (non-hydrogen) atoms. The molecule has 0 aromatic heterocycles. The maximum atomic E-state index is 10.1. The second-order valence-electron chi connectivity index (χ2n) is 5.43. The lowest BCUT2D eigenvalue weighted by Crippen LogP contribution is -2.22. The fraction of sp³-hybridized carbons (Fsp3) is 0.333. The van der Waals surface area contributed by atoms with Gasteiger partial charge in [0.1, 0.15) is 0 Å². The minimum atomic E-state index is -0.456. The van der Waals surface area contributed by atoms with E-state index >= 15 is 0 Å². The van der Waals surface area contributed by atoms with E-state index in [4.69, 9.17) is 0 Å². The van der Waals surface area contributed by atoms with E-state index in [-0.39, 0.29) is 0 Å².